The summed E-state index contributed by atoms with van der Waals surface area (Å²) >= 11 is 0. The fourth-order valence-corrected chi connectivity index (χ4v) is 4.61. The number of rotatable bonds is 6. The average molecular weight is 467 g/mol. The van der Waals surface area contributed by atoms with Gasteiger partial charge < -0.3 is 0 Å². The van der Waals surface area contributed by atoms with Crippen LogP contribution in [0.3, 0.4) is 0 Å². The van der Waals surface area contributed by atoms with E-state index in [2.05, 4.69) is 0 Å². The van der Waals surface area contributed by atoms with Crippen LogP contribution in [0.15, 0.2) is 48.5 Å². The van der Waals surface area contributed by atoms with Gasteiger partial charge in [0.25, 0.3) is 23.4 Å². The summed E-state index contributed by atoms with van der Waals surface area (Å²) in [6.45, 7) is 1.32. The Labute approximate surface area is 194 Å². The average Bonchev–Trinajstić information content (AvgIpc) is 3.06. The number of Topliss-reactive ketones (excluding diaryl/α,β-unsaturated/α-hetero) is 1. The van der Waals surface area contributed by atoms with E-state index in [1.54, 1.807) is 0 Å². The van der Waals surface area contributed by atoms with E-state index in [1.807, 2.05) is 6.92 Å². The number of hydrogen-bond donors (Lipinski definition) is 0. The third-order valence-electron chi connectivity index (χ3n) is 6.40. The van der Waals surface area contributed by atoms with Gasteiger partial charge in [-0.3, -0.25) is 29.3 Å². The number of ketones is 1. The topological polar surface area (TPSA) is 118 Å². The molecule has 0 N–H and O–H groups in total. The maximum atomic E-state index is 13.4. The number of hydrogen-bond acceptors (Lipinski definition) is 6. The number of carbonyl (C=O) groups excluding carboxylic acids is 4. The molecule has 1 aliphatic carbocycles. The molecule has 4 rings (SSSR count). The zero-order valence-electron chi connectivity index (χ0n) is 18.3. The van der Waals surface area contributed by atoms with E-state index in [0.29, 0.717) is 12.8 Å². The summed E-state index contributed by atoms with van der Waals surface area (Å²) < 4.78 is 13.3. The predicted molar refractivity (Wildman–Crippen MR) is 117 cm³/mol. The maximum Gasteiger partial charge on any atom is 0.273 e. The van der Waals surface area contributed by atoms with Crippen LogP contribution in [0.2, 0.25) is 0 Å². The van der Waals surface area contributed by atoms with Crippen molar-refractivity contribution in [2.24, 2.45) is 17.8 Å². The Morgan fingerprint density at radius 1 is 1.06 bits per heavy atom. The van der Waals surface area contributed by atoms with Crippen molar-refractivity contribution in [1.29, 1.82) is 0 Å². The van der Waals surface area contributed by atoms with Crippen LogP contribution in [0, 0.1) is 33.7 Å². The first-order valence-electron chi connectivity index (χ1n) is 10.9. The molecule has 34 heavy (non-hydrogen) atoms. The second kappa shape index (κ2) is 9.12. The number of halogens is 1. The molecule has 0 unspecified atom stereocenters. The lowest BCUT2D eigenvalue weighted by Crippen LogP contribution is -2.52. The molecule has 9 nitrogen and oxygen atoms in total. The molecule has 10 heteroatoms. The van der Waals surface area contributed by atoms with E-state index < -0.39 is 52.6 Å². The lowest BCUT2D eigenvalue weighted by molar-refractivity contribution is -0.384. The van der Waals surface area contributed by atoms with Crippen LogP contribution in [0.5, 0.6) is 0 Å². The first-order chi connectivity index (χ1) is 16.2. The maximum absolute atomic E-state index is 13.4. The predicted octanol–water partition coefficient (Wildman–Crippen LogP) is 3.40. The summed E-state index contributed by atoms with van der Waals surface area (Å²) in [7, 11) is 0. The number of fused-ring (bicyclic) bond motifs is 1. The molecule has 0 bridgehead atoms. The highest BCUT2D eigenvalue weighted by molar-refractivity contribution is 6.09. The third kappa shape index (κ3) is 4.30. The van der Waals surface area contributed by atoms with Crippen molar-refractivity contribution in [2.45, 2.75) is 26.2 Å². The number of benzene rings is 2. The van der Waals surface area contributed by atoms with Crippen LogP contribution >= 0.6 is 0 Å². The number of nitro benzene ring substituents is 1. The van der Waals surface area contributed by atoms with Crippen molar-refractivity contribution in [3.8, 4) is 0 Å². The summed E-state index contributed by atoms with van der Waals surface area (Å²) in [4.78, 5) is 63.3. The van der Waals surface area contributed by atoms with E-state index in [9.17, 15) is 33.7 Å². The Morgan fingerprint density at radius 2 is 1.74 bits per heavy atom. The van der Waals surface area contributed by atoms with Crippen LogP contribution in [-0.4, -0.2) is 45.0 Å². The minimum atomic E-state index is -0.896. The van der Waals surface area contributed by atoms with Crippen molar-refractivity contribution >= 4 is 29.2 Å². The summed E-state index contributed by atoms with van der Waals surface area (Å²) in [5.74, 6) is -4.12. The fourth-order valence-electron chi connectivity index (χ4n) is 4.61. The minimum Gasteiger partial charge on any atom is -0.292 e. The molecule has 0 aromatic heterocycles. The summed E-state index contributed by atoms with van der Waals surface area (Å²) in [5, 5.41) is 12.7. The van der Waals surface area contributed by atoms with Crippen LogP contribution in [0.1, 0.15) is 46.9 Å². The first-order valence-corrected chi connectivity index (χ1v) is 10.9. The van der Waals surface area contributed by atoms with Gasteiger partial charge in [-0.15, -0.1) is 0 Å². The monoisotopic (exact) mass is 467 g/mol. The van der Waals surface area contributed by atoms with E-state index in [0.717, 1.165) is 34.6 Å². The molecule has 3 atom stereocenters. The molecule has 1 heterocycles. The molecule has 0 radical (unpaired) electrons. The lowest BCUT2D eigenvalue weighted by Gasteiger charge is -2.30. The Morgan fingerprint density at radius 3 is 2.41 bits per heavy atom. The second-order valence-corrected chi connectivity index (χ2v) is 8.72. The largest absolute Gasteiger partial charge is 0.292 e. The van der Waals surface area contributed by atoms with Crippen molar-refractivity contribution in [3.63, 3.8) is 0 Å². The Kier molecular flexibility index (Phi) is 6.23. The highest BCUT2D eigenvalue weighted by Crippen LogP contribution is 2.41. The van der Waals surface area contributed by atoms with Crippen molar-refractivity contribution in [2.75, 3.05) is 6.54 Å². The molecule has 176 valence electrons. The summed E-state index contributed by atoms with van der Waals surface area (Å²) in [6.07, 6.45) is 1.76. The lowest BCUT2D eigenvalue weighted by atomic mass is 9.76. The van der Waals surface area contributed by atoms with E-state index in [1.165, 1.54) is 30.3 Å². The van der Waals surface area contributed by atoms with Crippen LogP contribution in [-0.2, 0) is 9.59 Å². The van der Waals surface area contributed by atoms with Gasteiger partial charge in [0.1, 0.15) is 12.4 Å². The van der Waals surface area contributed by atoms with Crippen LogP contribution < -0.4 is 0 Å². The van der Waals surface area contributed by atoms with Crippen LogP contribution in [0.4, 0.5) is 10.1 Å². The molecule has 2 aromatic carbocycles. The summed E-state index contributed by atoms with van der Waals surface area (Å²) in [6, 6.07) is 9.49. The van der Waals surface area contributed by atoms with Crippen molar-refractivity contribution < 1.29 is 28.5 Å². The molecule has 0 spiro atoms. The molecule has 1 saturated carbocycles. The van der Waals surface area contributed by atoms with Crippen LogP contribution in [0.25, 0.3) is 0 Å². The van der Waals surface area contributed by atoms with Crippen molar-refractivity contribution in [3.05, 3.63) is 75.6 Å². The highest BCUT2D eigenvalue weighted by Gasteiger charge is 2.52. The molecular weight excluding hydrogens is 445 g/mol. The van der Waals surface area contributed by atoms with Gasteiger partial charge >= 0.3 is 0 Å². The number of nitro groups is 1. The molecule has 2 aromatic rings. The standard InChI is InChI=1S/C24H22FN3O6/c1-14-5-10-19-20(11-14)24(32)27(23(19)31)26(13-21(29)15-6-8-17(25)9-7-15)22(30)16-3-2-4-18(12-16)28(33)34/h2-4,6-9,12,14,19-20H,5,10-11,13H2,1H3/t14-,19+,20-/m1/s1. The minimum absolute atomic E-state index is 0.0865. The molecule has 2 aliphatic rings. The zero-order chi connectivity index (χ0) is 24.6. The molecule has 2 fully saturated rings. The first kappa shape index (κ1) is 23.2. The van der Waals surface area contributed by atoms with Gasteiger partial charge in [0.2, 0.25) is 0 Å². The van der Waals surface area contributed by atoms with Crippen molar-refractivity contribution in [1.82, 2.24) is 10.0 Å². The van der Waals surface area contributed by atoms with Gasteiger partial charge in [0, 0.05) is 23.3 Å². The molecule has 1 saturated heterocycles. The Bertz CT molecular complexity index is 1180. The van der Waals surface area contributed by atoms with E-state index in [4.69, 9.17) is 0 Å². The van der Waals surface area contributed by atoms with Gasteiger partial charge in [0.15, 0.2) is 5.78 Å². The number of hydrazine groups is 1. The Hall–Kier alpha value is -3.95. The van der Waals surface area contributed by atoms with Gasteiger partial charge in [-0.25, -0.2) is 9.40 Å². The van der Waals surface area contributed by atoms with E-state index >= 15 is 0 Å². The molecule has 3 amide bonds. The number of carbonyl (C=O) groups is 4. The van der Waals surface area contributed by atoms with Gasteiger partial charge in [-0.05, 0) is 55.5 Å². The highest BCUT2D eigenvalue weighted by atomic mass is 19.1. The number of nitrogens with zero attached hydrogens (tertiary/aromatic N) is 3. The number of amides is 3. The fraction of sp³-hybridized carbons (Fsp3) is 0.333. The van der Waals surface area contributed by atoms with Gasteiger partial charge in [0.05, 0.1) is 16.8 Å². The van der Waals surface area contributed by atoms with Gasteiger partial charge in [-0.2, -0.15) is 5.01 Å². The second-order valence-electron chi connectivity index (χ2n) is 8.72. The normalized spacial score (nSPS) is 21.8. The number of non-ortho nitro benzene ring substituents is 1. The zero-order valence-corrected chi connectivity index (χ0v) is 18.3. The smallest absolute Gasteiger partial charge is 0.273 e. The Balaban J connectivity index is 1.71. The third-order valence-corrected chi connectivity index (χ3v) is 6.40. The SMILES string of the molecule is C[C@@H]1CC[C@@H]2C(=O)N(N(CC(=O)c3ccc(F)cc3)C(=O)c3cccc([N+](=O)[O-])c3)C(=O)[C@@H]2C1. The quantitative estimate of drug-likeness (QED) is 0.278. The molecular formula is C24H22FN3O6. The summed E-state index contributed by atoms with van der Waals surface area (Å²) in [5.41, 5.74) is -0.412. The van der Waals surface area contributed by atoms with Gasteiger partial charge in [-0.1, -0.05) is 13.0 Å². The molecule has 1 aliphatic heterocycles. The van der Waals surface area contributed by atoms with E-state index in [-0.39, 0.29) is 22.7 Å². The number of imide groups is 1.